The van der Waals surface area contributed by atoms with Crippen LogP contribution in [0.4, 0.5) is 0 Å². The molecule has 0 aromatic rings. The van der Waals surface area contributed by atoms with Crippen LogP contribution in [0.5, 0.6) is 0 Å². The van der Waals surface area contributed by atoms with E-state index in [1.165, 1.54) is 0 Å². The zero-order valence-corrected chi connectivity index (χ0v) is 9.54. The maximum Gasteiger partial charge on any atom is 0.320 e. The van der Waals surface area contributed by atoms with E-state index < -0.39 is 12.0 Å². The van der Waals surface area contributed by atoms with Crippen LogP contribution in [-0.4, -0.2) is 35.6 Å². The molecular formula is C10H20N2O3. The van der Waals surface area contributed by atoms with Crippen molar-refractivity contribution in [3.05, 3.63) is 0 Å². The minimum Gasteiger partial charge on any atom is -0.480 e. The minimum atomic E-state index is -0.905. The zero-order chi connectivity index (χ0) is 11.8. The molecule has 1 amide bonds. The number of carbonyl (C=O) groups is 2. The van der Waals surface area contributed by atoms with E-state index in [4.69, 9.17) is 5.11 Å². The first-order chi connectivity index (χ1) is 6.97. The molecule has 0 heterocycles. The zero-order valence-electron chi connectivity index (χ0n) is 9.54. The summed E-state index contributed by atoms with van der Waals surface area (Å²) < 4.78 is 0. The summed E-state index contributed by atoms with van der Waals surface area (Å²) in [5.74, 6) is -0.952. The van der Waals surface area contributed by atoms with Gasteiger partial charge in [0.05, 0.1) is 0 Å². The van der Waals surface area contributed by atoms with Gasteiger partial charge in [0.15, 0.2) is 0 Å². The van der Waals surface area contributed by atoms with Gasteiger partial charge in [-0.25, -0.2) is 0 Å². The molecule has 0 aliphatic rings. The van der Waals surface area contributed by atoms with Crippen LogP contribution in [0.3, 0.4) is 0 Å². The smallest absolute Gasteiger partial charge is 0.320 e. The lowest BCUT2D eigenvalue weighted by Crippen LogP contribution is -2.38. The molecule has 0 fully saturated rings. The molecule has 2 unspecified atom stereocenters. The Labute approximate surface area is 90.2 Å². The van der Waals surface area contributed by atoms with Crippen molar-refractivity contribution in [2.45, 2.75) is 45.7 Å². The van der Waals surface area contributed by atoms with E-state index in [9.17, 15) is 9.59 Å². The third-order valence-electron chi connectivity index (χ3n) is 2.19. The van der Waals surface area contributed by atoms with E-state index >= 15 is 0 Å². The van der Waals surface area contributed by atoms with Crippen LogP contribution in [0.2, 0.25) is 0 Å². The first-order valence-electron chi connectivity index (χ1n) is 5.23. The maximum absolute atomic E-state index is 11.3. The highest BCUT2D eigenvalue weighted by Gasteiger charge is 2.10. The molecule has 0 saturated carbocycles. The van der Waals surface area contributed by atoms with Crippen molar-refractivity contribution in [2.24, 2.45) is 0 Å². The van der Waals surface area contributed by atoms with E-state index in [1.54, 1.807) is 6.92 Å². The molecule has 0 aromatic heterocycles. The van der Waals surface area contributed by atoms with Crippen LogP contribution in [0.25, 0.3) is 0 Å². The Balaban J connectivity index is 3.59. The van der Waals surface area contributed by atoms with Crippen molar-refractivity contribution in [3.8, 4) is 0 Å². The first kappa shape index (κ1) is 13.9. The summed E-state index contributed by atoms with van der Waals surface area (Å²) in [5.41, 5.74) is 0. The third-order valence-corrected chi connectivity index (χ3v) is 2.19. The lowest BCUT2D eigenvalue weighted by Gasteiger charge is -2.12. The Morgan fingerprint density at radius 3 is 2.40 bits per heavy atom. The van der Waals surface area contributed by atoms with Gasteiger partial charge < -0.3 is 15.7 Å². The van der Waals surface area contributed by atoms with E-state index in [2.05, 4.69) is 10.6 Å². The van der Waals surface area contributed by atoms with Crippen molar-refractivity contribution in [1.82, 2.24) is 10.6 Å². The number of aliphatic carboxylic acids is 1. The van der Waals surface area contributed by atoms with Gasteiger partial charge in [-0.15, -0.1) is 0 Å². The Bertz CT molecular complexity index is 219. The van der Waals surface area contributed by atoms with Crippen molar-refractivity contribution < 1.29 is 14.7 Å². The number of rotatable bonds is 7. The fourth-order valence-electron chi connectivity index (χ4n) is 0.939. The molecule has 0 spiro atoms. The molecule has 0 saturated heterocycles. The molecular weight excluding hydrogens is 196 g/mol. The van der Waals surface area contributed by atoms with Gasteiger partial charge in [-0.3, -0.25) is 9.59 Å². The molecule has 0 aromatic carbocycles. The van der Waals surface area contributed by atoms with Gasteiger partial charge in [0.1, 0.15) is 6.04 Å². The second-order valence-electron chi connectivity index (χ2n) is 3.64. The Morgan fingerprint density at radius 1 is 1.33 bits per heavy atom. The first-order valence-corrected chi connectivity index (χ1v) is 5.23. The molecule has 5 nitrogen and oxygen atoms in total. The molecule has 0 aliphatic heterocycles. The van der Waals surface area contributed by atoms with Crippen molar-refractivity contribution in [1.29, 1.82) is 0 Å². The lowest BCUT2D eigenvalue weighted by atomic mass is 10.2. The van der Waals surface area contributed by atoms with Crippen molar-refractivity contribution in [2.75, 3.05) is 6.54 Å². The average molecular weight is 216 g/mol. The molecule has 2 atom stereocenters. The Hall–Kier alpha value is -1.10. The van der Waals surface area contributed by atoms with Gasteiger partial charge in [0.25, 0.3) is 0 Å². The van der Waals surface area contributed by atoms with Gasteiger partial charge in [-0.05, 0) is 20.3 Å². The number of hydrogen-bond acceptors (Lipinski definition) is 3. The number of amides is 1. The summed E-state index contributed by atoms with van der Waals surface area (Å²) in [6.07, 6.45) is 1.20. The Morgan fingerprint density at radius 2 is 1.93 bits per heavy atom. The Kier molecular flexibility index (Phi) is 6.70. The van der Waals surface area contributed by atoms with Crippen molar-refractivity contribution >= 4 is 11.9 Å². The predicted molar refractivity (Wildman–Crippen MR) is 57.6 cm³/mol. The summed E-state index contributed by atoms with van der Waals surface area (Å²) in [6, 6.07) is -0.434. The summed E-state index contributed by atoms with van der Waals surface area (Å²) in [5, 5.41) is 14.1. The largest absolute Gasteiger partial charge is 0.480 e. The molecule has 0 radical (unpaired) electrons. The quantitative estimate of drug-likeness (QED) is 0.574. The van der Waals surface area contributed by atoms with Crippen LogP contribution in [0.15, 0.2) is 0 Å². The van der Waals surface area contributed by atoms with Crippen LogP contribution in [0.1, 0.15) is 33.6 Å². The van der Waals surface area contributed by atoms with E-state index in [0.717, 1.165) is 6.42 Å². The number of carboxylic acids is 1. The van der Waals surface area contributed by atoms with Gasteiger partial charge in [0.2, 0.25) is 5.91 Å². The third kappa shape index (κ3) is 6.90. The summed E-state index contributed by atoms with van der Waals surface area (Å²) in [4.78, 5) is 21.7. The van der Waals surface area contributed by atoms with Crippen LogP contribution in [-0.2, 0) is 9.59 Å². The number of carbonyl (C=O) groups excluding carboxylic acids is 1. The average Bonchev–Trinajstić information content (AvgIpc) is 2.17. The van der Waals surface area contributed by atoms with Crippen LogP contribution in [0, 0.1) is 0 Å². The molecule has 5 heteroatoms. The molecule has 0 aliphatic carbocycles. The van der Waals surface area contributed by atoms with Crippen LogP contribution >= 0.6 is 0 Å². The summed E-state index contributed by atoms with van der Waals surface area (Å²) in [6.45, 7) is 5.87. The predicted octanol–water partition coefficient (Wildman–Crippen LogP) is 0.354. The van der Waals surface area contributed by atoms with E-state index in [-0.39, 0.29) is 11.9 Å². The van der Waals surface area contributed by atoms with Crippen LogP contribution < -0.4 is 10.6 Å². The maximum atomic E-state index is 11.3. The van der Waals surface area contributed by atoms with Crippen molar-refractivity contribution in [3.63, 3.8) is 0 Å². The molecule has 3 N–H and O–H groups in total. The minimum absolute atomic E-state index is 0.0468. The van der Waals surface area contributed by atoms with Gasteiger partial charge in [-0.1, -0.05) is 6.92 Å². The fourth-order valence-corrected chi connectivity index (χ4v) is 0.939. The van der Waals surface area contributed by atoms with Gasteiger partial charge in [0, 0.05) is 19.0 Å². The van der Waals surface area contributed by atoms with E-state index in [1.807, 2.05) is 13.8 Å². The monoisotopic (exact) mass is 216 g/mol. The summed E-state index contributed by atoms with van der Waals surface area (Å²) in [7, 11) is 0. The molecule has 0 rings (SSSR count). The highest BCUT2D eigenvalue weighted by Crippen LogP contribution is 1.89. The second kappa shape index (κ2) is 7.23. The van der Waals surface area contributed by atoms with E-state index in [0.29, 0.717) is 13.0 Å². The molecule has 0 bridgehead atoms. The van der Waals surface area contributed by atoms with Gasteiger partial charge in [-0.2, -0.15) is 0 Å². The highest BCUT2D eigenvalue weighted by atomic mass is 16.4. The topological polar surface area (TPSA) is 78.4 Å². The lowest BCUT2D eigenvalue weighted by molar-refractivity contribution is -0.139. The SMILES string of the molecule is CCC(C)NC(=O)CCNC(C)C(=O)O. The molecule has 88 valence electrons. The normalized spacial score (nSPS) is 14.3. The molecule has 15 heavy (non-hydrogen) atoms. The number of hydrogen-bond donors (Lipinski definition) is 3. The fraction of sp³-hybridized carbons (Fsp3) is 0.800. The number of nitrogens with one attached hydrogen (secondary N) is 2. The standard InChI is InChI=1S/C10H20N2O3/c1-4-7(2)12-9(13)5-6-11-8(3)10(14)15/h7-8,11H,4-6H2,1-3H3,(H,12,13)(H,14,15). The highest BCUT2D eigenvalue weighted by molar-refractivity contribution is 5.76. The van der Waals surface area contributed by atoms with Gasteiger partial charge >= 0.3 is 5.97 Å². The number of carboxylic acid groups (broad SMARTS) is 1. The summed E-state index contributed by atoms with van der Waals surface area (Å²) >= 11 is 0. The second-order valence-corrected chi connectivity index (χ2v) is 3.64.